The summed E-state index contributed by atoms with van der Waals surface area (Å²) in [5, 5.41) is 4.41. The second kappa shape index (κ2) is 14.4. The van der Waals surface area contributed by atoms with Crippen molar-refractivity contribution in [2.24, 2.45) is 0 Å². The van der Waals surface area contributed by atoms with Crippen LogP contribution in [0.25, 0.3) is 117 Å². The largest absolute Gasteiger partial charge is 0.455 e. The molecule has 1 spiro atoms. The number of benzene rings is 10. The van der Waals surface area contributed by atoms with Crippen molar-refractivity contribution in [2.75, 3.05) is 0 Å². The van der Waals surface area contributed by atoms with E-state index in [1.807, 2.05) is 30.3 Å². The van der Waals surface area contributed by atoms with E-state index in [0.717, 1.165) is 61.0 Å². The Morgan fingerprint density at radius 2 is 0.928 bits per heavy atom. The predicted molar refractivity (Wildman–Crippen MR) is 279 cm³/mol. The summed E-state index contributed by atoms with van der Waals surface area (Å²) in [5.74, 6) is 1.72. The lowest BCUT2D eigenvalue weighted by molar-refractivity contribution is 0.669. The smallest absolute Gasteiger partial charge is 0.167 e. The molecule has 0 atom stereocenters. The Hall–Kier alpha value is -9.19. The first-order valence-corrected chi connectivity index (χ1v) is 23.5. The Morgan fingerprint density at radius 3 is 1.68 bits per heavy atom. The predicted octanol–water partition coefficient (Wildman–Crippen LogP) is 15.9. The van der Waals surface area contributed by atoms with Crippen LogP contribution in [-0.2, 0) is 5.41 Å². The summed E-state index contributed by atoms with van der Waals surface area (Å²) in [4.78, 5) is 15.7. The lowest BCUT2D eigenvalue weighted by atomic mass is 9.70. The highest BCUT2D eigenvalue weighted by atomic mass is 16.3. The number of aromatic nitrogens is 4. The molecule has 10 aromatic carbocycles. The molecule has 2 aliphatic rings. The van der Waals surface area contributed by atoms with Crippen LogP contribution in [0.15, 0.2) is 235 Å². The van der Waals surface area contributed by atoms with Crippen LogP contribution in [0.5, 0.6) is 0 Å². The van der Waals surface area contributed by atoms with Gasteiger partial charge in [0.05, 0.1) is 33.1 Å². The zero-order chi connectivity index (χ0) is 45.2. The normalized spacial score (nSPS) is 13.0. The van der Waals surface area contributed by atoms with E-state index < -0.39 is 5.41 Å². The monoisotopic (exact) mass is 878 g/mol. The van der Waals surface area contributed by atoms with Gasteiger partial charge in [0.2, 0.25) is 0 Å². The maximum absolute atomic E-state index is 7.06. The fraction of sp³-hybridized carbons (Fsp3) is 0.0156. The van der Waals surface area contributed by atoms with E-state index in [9.17, 15) is 0 Å². The maximum atomic E-state index is 7.06. The van der Waals surface area contributed by atoms with Gasteiger partial charge in [0.1, 0.15) is 11.2 Å². The Bertz CT molecular complexity index is 4210. The molecule has 69 heavy (non-hydrogen) atoms. The van der Waals surface area contributed by atoms with Crippen LogP contribution in [0.3, 0.4) is 0 Å². The van der Waals surface area contributed by atoms with Gasteiger partial charge in [-0.15, -0.1) is 0 Å². The summed E-state index contributed by atoms with van der Waals surface area (Å²) in [7, 11) is 0. The molecule has 5 nitrogen and oxygen atoms in total. The third-order valence-electron chi connectivity index (χ3n) is 14.7. The van der Waals surface area contributed by atoms with Crippen molar-refractivity contribution in [3.05, 3.63) is 253 Å². The maximum Gasteiger partial charge on any atom is 0.167 e. The average molecular weight is 879 g/mol. The first-order chi connectivity index (χ1) is 34.2. The third-order valence-corrected chi connectivity index (χ3v) is 14.7. The van der Waals surface area contributed by atoms with Gasteiger partial charge in [0, 0.05) is 32.8 Å². The summed E-state index contributed by atoms with van der Waals surface area (Å²) < 4.78 is 9.56. The molecule has 0 fully saturated rings. The Balaban J connectivity index is 1.02. The van der Waals surface area contributed by atoms with Gasteiger partial charge in [0.15, 0.2) is 17.5 Å². The van der Waals surface area contributed by atoms with E-state index in [4.69, 9.17) is 19.4 Å². The molecule has 3 heterocycles. The molecular weight excluding hydrogens is 841 g/mol. The fourth-order valence-corrected chi connectivity index (χ4v) is 11.9. The molecule has 3 aromatic heterocycles. The van der Waals surface area contributed by atoms with Crippen LogP contribution in [0.2, 0.25) is 0 Å². The SMILES string of the molecule is c1ccc(-c2cccc(-c3nc(-c4ccccc4)nc(-c4ccc(-n5c6ccccc6c6ccc7c(c65)-c5ccccc5C75c6ccccc6-c6ccccc65)c5c4oc4ccccc45)n3)c2)cc1. The molecule has 0 amide bonds. The summed E-state index contributed by atoms with van der Waals surface area (Å²) >= 11 is 0. The highest BCUT2D eigenvalue weighted by molar-refractivity contribution is 6.20. The standard InChI is InChI=1S/C64H38N4O/c1-3-18-39(19-4-1)41-22-17-23-42(38-41)62-65-61(40-20-5-2-6-21-40)66-63(67-62)49-35-37-55(58-48-28-11-16-33-56(48)69-60(49)58)68-54-32-15-10-26-45(54)46-34-36-53-57(59(46)68)47-27-9-14-31-52(47)64(53)50-29-12-7-24-43(50)44-25-8-13-30-51(44)64/h1-38H. The molecule has 15 rings (SSSR count). The van der Waals surface area contributed by atoms with Gasteiger partial charge >= 0.3 is 0 Å². The van der Waals surface area contributed by atoms with Crippen LogP contribution in [0.4, 0.5) is 0 Å². The molecule has 0 aliphatic heterocycles. The lowest BCUT2D eigenvalue weighted by Gasteiger charge is -2.30. The van der Waals surface area contributed by atoms with Crippen molar-refractivity contribution in [3.8, 4) is 73.2 Å². The number of nitrogens with zero attached hydrogens (tertiary/aromatic N) is 4. The van der Waals surface area contributed by atoms with E-state index in [2.05, 4.69) is 205 Å². The molecular formula is C64H38N4O. The number of para-hydroxylation sites is 2. The molecule has 2 aliphatic carbocycles. The molecule has 0 N–H and O–H groups in total. The molecule has 0 unspecified atom stereocenters. The molecule has 320 valence electrons. The minimum atomic E-state index is -0.483. The van der Waals surface area contributed by atoms with Gasteiger partial charge in [-0.1, -0.05) is 200 Å². The van der Waals surface area contributed by atoms with E-state index in [1.54, 1.807) is 0 Å². The number of furan rings is 1. The van der Waals surface area contributed by atoms with Crippen LogP contribution in [-0.4, -0.2) is 19.5 Å². The zero-order valence-corrected chi connectivity index (χ0v) is 37.1. The number of rotatable bonds is 5. The highest BCUT2D eigenvalue weighted by Gasteiger charge is 2.52. The van der Waals surface area contributed by atoms with Crippen molar-refractivity contribution < 1.29 is 4.42 Å². The van der Waals surface area contributed by atoms with Gasteiger partial charge < -0.3 is 8.98 Å². The number of hydrogen-bond donors (Lipinski definition) is 0. The minimum absolute atomic E-state index is 0.483. The number of hydrogen-bond acceptors (Lipinski definition) is 4. The molecule has 5 heteroatoms. The molecule has 0 saturated carbocycles. The van der Waals surface area contributed by atoms with Gasteiger partial charge in [0.25, 0.3) is 0 Å². The Kier molecular flexibility index (Phi) is 7.93. The summed E-state index contributed by atoms with van der Waals surface area (Å²) in [6.07, 6.45) is 0. The van der Waals surface area contributed by atoms with E-state index in [0.29, 0.717) is 17.5 Å². The molecule has 0 radical (unpaired) electrons. The van der Waals surface area contributed by atoms with Crippen molar-refractivity contribution in [1.29, 1.82) is 0 Å². The summed E-state index contributed by atoms with van der Waals surface area (Å²) in [6.45, 7) is 0. The first-order valence-electron chi connectivity index (χ1n) is 23.5. The topological polar surface area (TPSA) is 56.7 Å². The van der Waals surface area contributed by atoms with Crippen molar-refractivity contribution >= 4 is 43.7 Å². The van der Waals surface area contributed by atoms with Crippen LogP contribution in [0.1, 0.15) is 22.3 Å². The highest BCUT2D eigenvalue weighted by Crippen LogP contribution is 2.64. The first kappa shape index (κ1) is 38.0. The number of fused-ring (bicyclic) bond motifs is 17. The Morgan fingerprint density at radius 1 is 0.362 bits per heavy atom. The van der Waals surface area contributed by atoms with Crippen LogP contribution >= 0.6 is 0 Å². The van der Waals surface area contributed by atoms with Gasteiger partial charge in [-0.05, 0) is 80.4 Å². The van der Waals surface area contributed by atoms with Crippen LogP contribution < -0.4 is 0 Å². The molecule has 0 saturated heterocycles. The second-order valence-corrected chi connectivity index (χ2v) is 18.2. The second-order valence-electron chi connectivity index (χ2n) is 18.2. The van der Waals surface area contributed by atoms with E-state index in [-0.39, 0.29) is 0 Å². The van der Waals surface area contributed by atoms with E-state index in [1.165, 1.54) is 60.8 Å². The molecule has 0 bridgehead atoms. The zero-order valence-electron chi connectivity index (χ0n) is 37.1. The van der Waals surface area contributed by atoms with Crippen molar-refractivity contribution in [3.63, 3.8) is 0 Å². The van der Waals surface area contributed by atoms with Crippen molar-refractivity contribution in [2.45, 2.75) is 5.41 Å². The lowest BCUT2D eigenvalue weighted by Crippen LogP contribution is -2.25. The fourth-order valence-electron chi connectivity index (χ4n) is 11.9. The van der Waals surface area contributed by atoms with Gasteiger partial charge in [-0.25, -0.2) is 15.0 Å². The van der Waals surface area contributed by atoms with Gasteiger partial charge in [-0.2, -0.15) is 0 Å². The van der Waals surface area contributed by atoms with E-state index >= 15 is 0 Å². The minimum Gasteiger partial charge on any atom is -0.455 e. The molecule has 13 aromatic rings. The van der Waals surface area contributed by atoms with Crippen LogP contribution in [0, 0.1) is 0 Å². The summed E-state index contributed by atoms with van der Waals surface area (Å²) in [5.41, 5.74) is 19.5. The average Bonchev–Trinajstić information content (AvgIpc) is 4.15. The van der Waals surface area contributed by atoms with Crippen molar-refractivity contribution in [1.82, 2.24) is 19.5 Å². The quantitative estimate of drug-likeness (QED) is 0.173. The summed E-state index contributed by atoms with van der Waals surface area (Å²) in [6, 6.07) is 82.5. The van der Waals surface area contributed by atoms with Gasteiger partial charge in [-0.3, -0.25) is 0 Å². The third kappa shape index (κ3) is 5.27. The Labute approximate surface area is 397 Å².